The topological polar surface area (TPSA) is 62.5 Å². The lowest BCUT2D eigenvalue weighted by Gasteiger charge is -2.10. The molecular formula is C21H28N2O2S. The van der Waals surface area contributed by atoms with Crippen molar-refractivity contribution in [1.82, 2.24) is 0 Å². The van der Waals surface area contributed by atoms with Crippen LogP contribution in [0.4, 0.5) is 0 Å². The van der Waals surface area contributed by atoms with Crippen molar-refractivity contribution < 1.29 is 9.53 Å². The average molecular weight is 373 g/mol. The molecule has 0 aliphatic rings. The number of carbonyl (C=O) groups excluding carboxylic acids is 1. The summed E-state index contributed by atoms with van der Waals surface area (Å²) in [7, 11) is 0. The molecule has 0 aliphatic carbocycles. The molecule has 0 aromatic heterocycles. The Labute approximate surface area is 162 Å². The Morgan fingerprint density at radius 2 is 1.69 bits per heavy atom. The zero-order valence-electron chi connectivity index (χ0n) is 16.0. The van der Waals surface area contributed by atoms with E-state index >= 15 is 0 Å². The van der Waals surface area contributed by atoms with Crippen molar-refractivity contribution in [2.24, 2.45) is 4.99 Å². The number of rotatable bonds is 4. The number of aryl methyl sites for hydroxylation is 4. The molecule has 0 amide bonds. The highest BCUT2D eigenvalue weighted by Gasteiger charge is 2.03. The molecule has 0 aliphatic heterocycles. The van der Waals surface area contributed by atoms with Crippen molar-refractivity contribution in [1.29, 1.82) is 5.41 Å². The molecule has 2 rings (SSSR count). The van der Waals surface area contributed by atoms with Crippen molar-refractivity contribution in [3.05, 3.63) is 64.2 Å². The third-order valence-corrected chi connectivity index (χ3v) is 3.85. The summed E-state index contributed by atoms with van der Waals surface area (Å²) in [6, 6.07) is 11.9. The normalized spacial score (nSPS) is 9.12. The fourth-order valence-electron chi connectivity index (χ4n) is 2.26. The highest BCUT2D eigenvalue weighted by atomic mass is 32.1. The fraction of sp³-hybridized carbons (Fsp3) is 0.286. The monoisotopic (exact) mass is 372 g/mol. The Hall–Kier alpha value is -2.40. The molecule has 0 bridgehead atoms. The molecule has 0 atom stereocenters. The van der Waals surface area contributed by atoms with Gasteiger partial charge in [-0.1, -0.05) is 42.8 Å². The second kappa shape index (κ2) is 12.9. The van der Waals surface area contributed by atoms with E-state index in [9.17, 15) is 0 Å². The van der Waals surface area contributed by atoms with Crippen LogP contribution in [-0.4, -0.2) is 25.3 Å². The molecule has 0 heterocycles. The number of ether oxygens (including phenoxy) is 1. The maximum Gasteiger partial charge on any atom is 0.151 e. The first kappa shape index (κ1) is 23.6. The summed E-state index contributed by atoms with van der Waals surface area (Å²) in [6.07, 6.45) is 1.08. The lowest BCUT2D eigenvalue weighted by molar-refractivity contribution is -0.0979. The number of benzene rings is 2. The van der Waals surface area contributed by atoms with Crippen LogP contribution in [0.2, 0.25) is 0 Å². The fourth-order valence-corrected chi connectivity index (χ4v) is 2.40. The summed E-state index contributed by atoms with van der Waals surface area (Å²) >= 11 is 4.04. The molecular weight excluding hydrogens is 344 g/mol. The van der Waals surface area contributed by atoms with Gasteiger partial charge in [-0.05, 0) is 56.7 Å². The minimum absolute atomic E-state index is 0.227. The van der Waals surface area contributed by atoms with Crippen LogP contribution in [0.15, 0.2) is 41.4 Å². The average Bonchev–Trinajstić information content (AvgIpc) is 2.66. The van der Waals surface area contributed by atoms with Crippen molar-refractivity contribution in [3.8, 4) is 5.75 Å². The van der Waals surface area contributed by atoms with Gasteiger partial charge in [0, 0.05) is 5.56 Å². The molecule has 0 saturated heterocycles. The summed E-state index contributed by atoms with van der Waals surface area (Å²) in [5, 5.41) is 7.32. The number of carbonyl (C=O) groups is 1. The molecule has 2 aromatic carbocycles. The van der Waals surface area contributed by atoms with Gasteiger partial charge in [0.1, 0.15) is 18.5 Å². The lowest BCUT2D eigenvalue weighted by atomic mass is 10.0. The van der Waals surface area contributed by atoms with E-state index in [1.165, 1.54) is 22.3 Å². The van der Waals surface area contributed by atoms with Crippen molar-refractivity contribution in [2.75, 3.05) is 5.94 Å². The van der Waals surface area contributed by atoms with Crippen LogP contribution in [0, 0.1) is 26.2 Å². The van der Waals surface area contributed by atoms with E-state index in [0.717, 1.165) is 17.7 Å². The van der Waals surface area contributed by atoms with Gasteiger partial charge >= 0.3 is 0 Å². The first-order valence-electron chi connectivity index (χ1n) is 8.17. The van der Waals surface area contributed by atoms with Gasteiger partial charge in [-0.3, -0.25) is 5.41 Å². The Morgan fingerprint density at radius 1 is 1.12 bits per heavy atom. The summed E-state index contributed by atoms with van der Waals surface area (Å²) < 4.78 is 5.38. The van der Waals surface area contributed by atoms with Crippen LogP contribution in [0.1, 0.15) is 34.7 Å². The van der Waals surface area contributed by atoms with Crippen molar-refractivity contribution >= 4 is 32.0 Å². The standard InChI is InChI=1S/C11H16OS.C9H10N2.CH2O/c1-4-10-5-9(3)11(12-7-13)6-8(10)2;1-7-3-5-8(6-4-7)9(10)11-2;1-2/h5-6,13H,4,7H2,1-3H3;3-6,10H,2H2,1H3;1H2. The number of thiol groups is 1. The number of nitrogens with zero attached hydrogens (tertiary/aromatic N) is 1. The van der Waals surface area contributed by atoms with Gasteiger partial charge < -0.3 is 9.53 Å². The second-order valence-corrected chi connectivity index (χ2v) is 5.80. The highest BCUT2D eigenvalue weighted by molar-refractivity contribution is 7.80. The van der Waals surface area contributed by atoms with Gasteiger partial charge in [-0.25, -0.2) is 4.99 Å². The van der Waals surface area contributed by atoms with Gasteiger partial charge in [-0.2, -0.15) is 0 Å². The molecule has 0 unspecified atom stereocenters. The van der Waals surface area contributed by atoms with Crippen LogP contribution in [-0.2, 0) is 11.2 Å². The minimum Gasteiger partial charge on any atom is -0.483 e. The molecule has 4 nitrogen and oxygen atoms in total. The predicted octanol–water partition coefficient (Wildman–Crippen LogP) is 4.97. The number of amidine groups is 1. The zero-order chi connectivity index (χ0) is 20.1. The molecule has 0 radical (unpaired) electrons. The highest BCUT2D eigenvalue weighted by Crippen LogP contribution is 2.23. The van der Waals surface area contributed by atoms with E-state index < -0.39 is 0 Å². The lowest BCUT2D eigenvalue weighted by Crippen LogP contribution is -1.95. The molecule has 1 N–H and O–H groups in total. The zero-order valence-corrected chi connectivity index (χ0v) is 16.9. The molecule has 140 valence electrons. The van der Waals surface area contributed by atoms with Crippen LogP contribution < -0.4 is 4.74 Å². The first-order valence-corrected chi connectivity index (χ1v) is 8.81. The maximum atomic E-state index is 8.00. The summed E-state index contributed by atoms with van der Waals surface area (Å²) in [6.45, 7) is 13.6. The second-order valence-electron chi connectivity index (χ2n) is 5.54. The van der Waals surface area contributed by atoms with Crippen LogP contribution in [0.3, 0.4) is 0 Å². The smallest absolute Gasteiger partial charge is 0.151 e. The van der Waals surface area contributed by atoms with Gasteiger partial charge in [0.2, 0.25) is 0 Å². The first-order chi connectivity index (χ1) is 12.4. The van der Waals surface area contributed by atoms with Crippen molar-refractivity contribution in [2.45, 2.75) is 34.1 Å². The number of aliphatic imine (C=N–C) groups is 1. The van der Waals surface area contributed by atoms with Crippen LogP contribution in [0.25, 0.3) is 0 Å². The van der Waals surface area contributed by atoms with E-state index in [-0.39, 0.29) is 5.84 Å². The van der Waals surface area contributed by atoms with Gasteiger partial charge in [0.15, 0.2) is 5.84 Å². The third-order valence-electron chi connectivity index (χ3n) is 3.72. The summed E-state index contributed by atoms with van der Waals surface area (Å²) in [5.41, 5.74) is 5.88. The minimum atomic E-state index is 0.227. The van der Waals surface area contributed by atoms with E-state index in [0.29, 0.717) is 5.94 Å². The van der Waals surface area contributed by atoms with Crippen LogP contribution in [0.5, 0.6) is 5.75 Å². The number of hydrogen-bond donors (Lipinski definition) is 2. The molecule has 2 aromatic rings. The van der Waals surface area contributed by atoms with Gasteiger partial charge in [-0.15, -0.1) is 12.6 Å². The van der Waals surface area contributed by atoms with E-state index in [4.69, 9.17) is 14.9 Å². The summed E-state index contributed by atoms with van der Waals surface area (Å²) in [5.74, 6) is 1.61. The van der Waals surface area contributed by atoms with Crippen LogP contribution >= 0.6 is 12.6 Å². The van der Waals surface area contributed by atoms with E-state index in [1.807, 2.05) is 38.0 Å². The third kappa shape index (κ3) is 7.66. The maximum absolute atomic E-state index is 8.00. The SMILES string of the molecule is C=NC(=N)c1ccc(C)cc1.C=O.CCc1cc(C)c(OCS)cc1C. The largest absolute Gasteiger partial charge is 0.483 e. The quantitative estimate of drug-likeness (QED) is 0.344. The van der Waals surface area contributed by atoms with Gasteiger partial charge in [0.05, 0.1) is 0 Å². The Bertz CT molecular complexity index is 713. The molecule has 0 fully saturated rings. The molecule has 5 heteroatoms. The Morgan fingerprint density at radius 3 is 2.15 bits per heavy atom. The number of hydrogen-bond acceptors (Lipinski definition) is 4. The molecule has 0 spiro atoms. The number of nitrogens with one attached hydrogen (secondary N) is 1. The Kier molecular flexibility index (Phi) is 11.7. The van der Waals surface area contributed by atoms with E-state index in [1.54, 1.807) is 0 Å². The van der Waals surface area contributed by atoms with Gasteiger partial charge in [0.25, 0.3) is 0 Å². The van der Waals surface area contributed by atoms with E-state index in [2.05, 4.69) is 57.2 Å². The predicted molar refractivity (Wildman–Crippen MR) is 114 cm³/mol. The molecule has 26 heavy (non-hydrogen) atoms. The summed E-state index contributed by atoms with van der Waals surface area (Å²) in [4.78, 5) is 11.5. The Balaban J connectivity index is 0.000000444. The molecule has 0 saturated carbocycles. The van der Waals surface area contributed by atoms with Crippen molar-refractivity contribution in [3.63, 3.8) is 0 Å².